The van der Waals surface area contributed by atoms with E-state index < -0.39 is 0 Å². The Balaban J connectivity index is 2.41. The molecule has 0 unspecified atom stereocenters. The quantitative estimate of drug-likeness (QED) is 0.538. The number of hydrogen-bond acceptors (Lipinski definition) is 3. The molecule has 0 aromatic rings. The Bertz CT molecular complexity index is 105. The molecule has 1 rings (SSSR count). The van der Waals surface area contributed by atoms with Gasteiger partial charge in [-0.25, -0.2) is 0 Å². The van der Waals surface area contributed by atoms with Gasteiger partial charge in [-0.3, -0.25) is 14.7 Å². The molecule has 3 nitrogen and oxygen atoms in total. The molecule has 0 spiro atoms. The number of halogens is 3. The molecule has 0 aromatic heterocycles. The summed E-state index contributed by atoms with van der Waals surface area (Å²) >= 11 is 17.1. The monoisotopic (exact) mass is 231 g/mol. The summed E-state index contributed by atoms with van der Waals surface area (Å²) in [5.41, 5.74) is 0. The molecule has 0 N–H and O–H groups in total. The average Bonchev–Trinajstić information content (AvgIpc) is 2.16. The summed E-state index contributed by atoms with van der Waals surface area (Å²) in [6.45, 7) is 2.46. The molecular weight excluding hydrogens is 220 g/mol. The first-order valence-corrected chi connectivity index (χ1v) is 5.25. The predicted molar refractivity (Wildman–Crippen MR) is 52.3 cm³/mol. The third-order valence-corrected chi connectivity index (χ3v) is 2.72. The lowest BCUT2D eigenvalue weighted by atomic mass is 10.6. The van der Waals surface area contributed by atoms with Crippen molar-refractivity contribution in [3.8, 4) is 0 Å². The molecule has 1 heterocycles. The van der Waals surface area contributed by atoms with Gasteiger partial charge in [-0.2, -0.15) is 0 Å². The molecule has 6 heteroatoms. The van der Waals surface area contributed by atoms with Gasteiger partial charge >= 0.3 is 0 Å². The van der Waals surface area contributed by atoms with Crippen LogP contribution in [-0.4, -0.2) is 52.7 Å². The first kappa shape index (κ1) is 10.8. The van der Waals surface area contributed by atoms with Gasteiger partial charge in [0.25, 0.3) is 0 Å². The second-order valence-electron chi connectivity index (χ2n) is 2.80. The van der Waals surface area contributed by atoms with E-state index in [1.165, 1.54) is 0 Å². The fourth-order valence-electron chi connectivity index (χ4n) is 1.21. The molecule has 72 valence electrons. The van der Waals surface area contributed by atoms with Gasteiger partial charge in [-0.15, -0.1) is 34.8 Å². The number of nitrogens with zero attached hydrogens (tertiary/aromatic N) is 3. The molecule has 1 aliphatic heterocycles. The lowest BCUT2D eigenvalue weighted by molar-refractivity contribution is 0.000488. The van der Waals surface area contributed by atoms with Crippen LogP contribution < -0.4 is 0 Å². The third-order valence-electron chi connectivity index (χ3n) is 1.71. The maximum Gasteiger partial charge on any atom is 0.0759 e. The zero-order valence-corrected chi connectivity index (χ0v) is 8.99. The van der Waals surface area contributed by atoms with Gasteiger partial charge in [-0.05, 0) is 0 Å². The Morgan fingerprint density at radius 2 is 0.917 bits per heavy atom. The summed E-state index contributed by atoms with van der Waals surface area (Å²) in [5, 5.41) is 0. The molecule has 1 aliphatic rings. The molecule has 12 heavy (non-hydrogen) atoms. The van der Waals surface area contributed by atoms with E-state index in [1.54, 1.807) is 0 Å². The minimum absolute atomic E-state index is 0.515. The van der Waals surface area contributed by atoms with Crippen molar-refractivity contribution in [3.05, 3.63) is 0 Å². The van der Waals surface area contributed by atoms with Crippen molar-refractivity contribution < 1.29 is 0 Å². The van der Waals surface area contributed by atoms with Crippen LogP contribution in [-0.2, 0) is 0 Å². The highest BCUT2D eigenvalue weighted by Gasteiger charge is 2.20. The van der Waals surface area contributed by atoms with Crippen LogP contribution in [0.1, 0.15) is 0 Å². The first-order valence-electron chi connectivity index (χ1n) is 3.65. The smallest absolute Gasteiger partial charge is 0.0759 e. The molecular formula is C6H12Cl3N3. The normalized spacial score (nSPS) is 23.2. The van der Waals surface area contributed by atoms with Crippen LogP contribution in [0, 0.1) is 0 Å². The molecule has 0 bridgehead atoms. The van der Waals surface area contributed by atoms with Crippen molar-refractivity contribution in [3.63, 3.8) is 0 Å². The molecule has 0 aliphatic carbocycles. The summed E-state index contributed by atoms with van der Waals surface area (Å²) in [4.78, 5) is 6.20. The summed E-state index contributed by atoms with van der Waals surface area (Å²) in [6.07, 6.45) is 0. The fraction of sp³-hybridized carbons (Fsp3) is 1.00. The second-order valence-corrected chi connectivity index (χ2v) is 3.51. The van der Waals surface area contributed by atoms with E-state index in [9.17, 15) is 0 Å². The van der Waals surface area contributed by atoms with Crippen molar-refractivity contribution in [2.75, 3.05) is 38.0 Å². The van der Waals surface area contributed by atoms with E-state index in [4.69, 9.17) is 34.8 Å². The summed E-state index contributed by atoms with van der Waals surface area (Å²) in [6, 6.07) is 1.54. The topological polar surface area (TPSA) is 9.72 Å². The highest BCUT2D eigenvalue weighted by atomic mass is 35.5. The Kier molecular flexibility index (Phi) is 4.94. The van der Waals surface area contributed by atoms with Crippen molar-refractivity contribution in [2.24, 2.45) is 0 Å². The minimum Gasteiger partial charge on any atom is -0.264 e. The van der Waals surface area contributed by atoms with E-state index in [0.717, 1.165) is 20.0 Å². The maximum absolute atomic E-state index is 5.71. The van der Waals surface area contributed by atoms with E-state index in [0.29, 0.717) is 18.0 Å². The lowest BCUT2D eigenvalue weighted by Gasteiger charge is -2.39. The average molecular weight is 233 g/mol. The van der Waals surface area contributed by atoms with E-state index in [-0.39, 0.29) is 0 Å². The van der Waals surface area contributed by atoms with Gasteiger partial charge in [0.05, 0.1) is 38.0 Å². The van der Waals surface area contributed by atoms with Gasteiger partial charge in [0.15, 0.2) is 0 Å². The zero-order chi connectivity index (χ0) is 8.97. The van der Waals surface area contributed by atoms with E-state index in [1.807, 2.05) is 0 Å². The summed E-state index contributed by atoms with van der Waals surface area (Å²) < 4.78 is 0. The standard InChI is InChI=1S/C6H12Cl3N3/c7-1-10-4-11(2-8)6-12(3-9)5-10/h1-6H2. The largest absolute Gasteiger partial charge is 0.264 e. The fourth-order valence-corrected chi connectivity index (χ4v) is 1.66. The first-order chi connectivity index (χ1) is 5.80. The van der Waals surface area contributed by atoms with Crippen LogP contribution >= 0.6 is 34.8 Å². The van der Waals surface area contributed by atoms with Crippen molar-refractivity contribution >= 4 is 34.8 Å². The minimum atomic E-state index is 0.515. The van der Waals surface area contributed by atoms with Crippen LogP contribution in [0.2, 0.25) is 0 Å². The molecule has 0 amide bonds. The third kappa shape index (κ3) is 2.91. The number of hydrogen-bond donors (Lipinski definition) is 0. The SMILES string of the molecule is ClCN1CN(CCl)CN(CCl)C1. The van der Waals surface area contributed by atoms with Gasteiger partial charge in [0, 0.05) is 0 Å². The number of alkyl halides is 3. The van der Waals surface area contributed by atoms with Crippen LogP contribution in [0.25, 0.3) is 0 Å². The summed E-state index contributed by atoms with van der Waals surface area (Å²) in [7, 11) is 0. The molecule has 0 aromatic carbocycles. The predicted octanol–water partition coefficient (Wildman–Crippen LogP) is 1.37. The van der Waals surface area contributed by atoms with Crippen molar-refractivity contribution in [1.29, 1.82) is 0 Å². The Morgan fingerprint density at radius 3 is 1.08 bits per heavy atom. The van der Waals surface area contributed by atoms with Gasteiger partial charge < -0.3 is 0 Å². The van der Waals surface area contributed by atoms with Gasteiger partial charge in [-0.1, -0.05) is 0 Å². The van der Waals surface area contributed by atoms with Crippen LogP contribution in [0.5, 0.6) is 0 Å². The Labute approximate surface area is 87.7 Å². The van der Waals surface area contributed by atoms with Crippen LogP contribution in [0.3, 0.4) is 0 Å². The number of rotatable bonds is 3. The lowest BCUT2D eigenvalue weighted by Crippen LogP contribution is -2.53. The second kappa shape index (κ2) is 5.47. The Morgan fingerprint density at radius 1 is 0.667 bits per heavy atom. The highest BCUT2D eigenvalue weighted by molar-refractivity contribution is 6.18. The van der Waals surface area contributed by atoms with E-state index in [2.05, 4.69) is 14.7 Å². The van der Waals surface area contributed by atoms with Crippen LogP contribution in [0.4, 0.5) is 0 Å². The van der Waals surface area contributed by atoms with Crippen LogP contribution in [0.15, 0.2) is 0 Å². The molecule has 0 atom stereocenters. The molecule has 1 fully saturated rings. The van der Waals surface area contributed by atoms with Gasteiger partial charge in [0.2, 0.25) is 0 Å². The van der Waals surface area contributed by atoms with E-state index >= 15 is 0 Å². The zero-order valence-electron chi connectivity index (χ0n) is 6.72. The molecule has 1 saturated heterocycles. The molecule has 0 radical (unpaired) electrons. The van der Waals surface area contributed by atoms with Crippen molar-refractivity contribution in [1.82, 2.24) is 14.7 Å². The highest BCUT2D eigenvalue weighted by Crippen LogP contribution is 2.08. The summed E-state index contributed by atoms with van der Waals surface area (Å²) in [5.74, 6) is 0. The van der Waals surface area contributed by atoms with Gasteiger partial charge in [0.1, 0.15) is 0 Å². The maximum atomic E-state index is 5.71. The molecule has 0 saturated carbocycles. The Hall–Kier alpha value is 0.750. The van der Waals surface area contributed by atoms with Crippen molar-refractivity contribution in [2.45, 2.75) is 0 Å².